The number of thiocarbonyl (C=S) groups is 1. The Morgan fingerprint density at radius 2 is 2.06 bits per heavy atom. The molecule has 0 aliphatic heterocycles. The molecule has 1 aromatic carbocycles. The Labute approximate surface area is 108 Å². The molecular weight excluding hydrogens is 258 g/mol. The van der Waals surface area contributed by atoms with Crippen LogP contribution in [0, 0.1) is 11.6 Å². The molecule has 0 amide bonds. The van der Waals surface area contributed by atoms with Gasteiger partial charge in [-0.2, -0.15) is 0 Å². The first-order valence-corrected chi connectivity index (χ1v) is 5.53. The maximum atomic E-state index is 13.7. The number of anilines is 1. The van der Waals surface area contributed by atoms with Crippen LogP contribution in [-0.4, -0.2) is 4.99 Å². The van der Waals surface area contributed by atoms with Gasteiger partial charge in [0.25, 0.3) is 0 Å². The van der Waals surface area contributed by atoms with Crippen molar-refractivity contribution in [3.8, 4) is 0 Å². The summed E-state index contributed by atoms with van der Waals surface area (Å²) < 4.78 is 32.1. The minimum atomic E-state index is -1.04. The van der Waals surface area contributed by atoms with Crippen LogP contribution in [0.3, 0.4) is 0 Å². The predicted molar refractivity (Wildman–Crippen MR) is 68.3 cm³/mol. The molecule has 0 saturated heterocycles. The number of benzene rings is 1. The topological polar surface area (TPSA) is 51.2 Å². The zero-order valence-electron chi connectivity index (χ0n) is 9.24. The van der Waals surface area contributed by atoms with E-state index in [-0.39, 0.29) is 16.2 Å². The fourth-order valence-corrected chi connectivity index (χ4v) is 1.62. The minimum Gasteiger partial charge on any atom is -0.472 e. The molecule has 3 nitrogen and oxygen atoms in total. The second kappa shape index (κ2) is 5.14. The van der Waals surface area contributed by atoms with E-state index in [1.54, 1.807) is 6.07 Å². The van der Waals surface area contributed by atoms with Crippen LogP contribution < -0.4 is 11.1 Å². The highest BCUT2D eigenvalue weighted by Crippen LogP contribution is 2.21. The monoisotopic (exact) mass is 268 g/mol. The summed E-state index contributed by atoms with van der Waals surface area (Å²) in [5.74, 6) is -2.04. The second-order valence-electron chi connectivity index (χ2n) is 3.64. The van der Waals surface area contributed by atoms with Crippen LogP contribution in [0.5, 0.6) is 0 Å². The molecule has 94 valence electrons. The fraction of sp³-hybridized carbons (Fsp3) is 0.0833. The van der Waals surface area contributed by atoms with Crippen LogP contribution in [0.25, 0.3) is 0 Å². The molecule has 0 aliphatic carbocycles. The molecule has 1 aromatic heterocycles. The number of hydrogen-bond acceptors (Lipinski definition) is 3. The molecule has 0 bridgehead atoms. The number of nitrogens with two attached hydrogens (primary N) is 1. The van der Waals surface area contributed by atoms with Crippen molar-refractivity contribution in [3.63, 3.8) is 0 Å². The third kappa shape index (κ3) is 2.48. The lowest BCUT2D eigenvalue weighted by molar-refractivity contribution is 0.509. The molecule has 6 heteroatoms. The fourth-order valence-electron chi connectivity index (χ4n) is 1.47. The third-order valence-electron chi connectivity index (χ3n) is 2.41. The highest BCUT2D eigenvalue weighted by atomic mass is 32.1. The van der Waals surface area contributed by atoms with E-state index in [1.807, 2.05) is 0 Å². The van der Waals surface area contributed by atoms with Crippen LogP contribution in [0.15, 0.2) is 35.1 Å². The normalized spacial score (nSPS) is 10.3. The Kier molecular flexibility index (Phi) is 3.57. The van der Waals surface area contributed by atoms with E-state index >= 15 is 0 Å². The average molecular weight is 268 g/mol. The molecule has 0 spiro atoms. The van der Waals surface area contributed by atoms with Crippen molar-refractivity contribution in [1.82, 2.24) is 0 Å². The van der Waals surface area contributed by atoms with Gasteiger partial charge in [-0.05, 0) is 18.2 Å². The maximum Gasteiger partial charge on any atom is 0.182 e. The number of hydrogen-bond donors (Lipinski definition) is 2. The van der Waals surface area contributed by atoms with Gasteiger partial charge in [-0.3, -0.25) is 0 Å². The van der Waals surface area contributed by atoms with Crippen molar-refractivity contribution in [3.05, 3.63) is 53.5 Å². The first-order valence-electron chi connectivity index (χ1n) is 5.12. The summed E-state index contributed by atoms with van der Waals surface area (Å²) in [6.07, 6.45) is 3.02. The van der Waals surface area contributed by atoms with E-state index < -0.39 is 11.6 Å². The van der Waals surface area contributed by atoms with Gasteiger partial charge >= 0.3 is 0 Å². The van der Waals surface area contributed by atoms with Crippen molar-refractivity contribution in [2.75, 3.05) is 5.32 Å². The molecule has 3 N–H and O–H groups in total. The van der Waals surface area contributed by atoms with Gasteiger partial charge in [0, 0.05) is 17.7 Å². The molecule has 0 atom stereocenters. The highest BCUT2D eigenvalue weighted by molar-refractivity contribution is 7.80. The Hall–Kier alpha value is -1.95. The van der Waals surface area contributed by atoms with Gasteiger partial charge in [0.05, 0.1) is 18.2 Å². The molecule has 2 aromatic rings. The van der Waals surface area contributed by atoms with Crippen LogP contribution in [0.1, 0.15) is 11.1 Å². The van der Waals surface area contributed by atoms with E-state index in [0.29, 0.717) is 6.54 Å². The molecule has 0 saturated carbocycles. The van der Waals surface area contributed by atoms with Gasteiger partial charge in [-0.25, -0.2) is 8.78 Å². The van der Waals surface area contributed by atoms with Gasteiger partial charge in [0.15, 0.2) is 11.6 Å². The Balaban J connectivity index is 2.19. The molecule has 18 heavy (non-hydrogen) atoms. The lowest BCUT2D eigenvalue weighted by atomic mass is 10.1. The quantitative estimate of drug-likeness (QED) is 0.837. The zero-order chi connectivity index (χ0) is 13.1. The predicted octanol–water partition coefficient (Wildman–Crippen LogP) is 2.80. The number of rotatable bonds is 4. The highest BCUT2D eigenvalue weighted by Gasteiger charge is 2.14. The van der Waals surface area contributed by atoms with Crippen LogP contribution >= 0.6 is 12.2 Å². The molecule has 0 fully saturated rings. The van der Waals surface area contributed by atoms with Crippen molar-refractivity contribution >= 4 is 22.9 Å². The molecule has 0 radical (unpaired) electrons. The summed E-state index contributed by atoms with van der Waals surface area (Å²) in [4.78, 5) is -0.173. The Morgan fingerprint density at radius 3 is 2.67 bits per heavy atom. The van der Waals surface area contributed by atoms with Crippen molar-refractivity contribution in [2.24, 2.45) is 5.73 Å². The zero-order valence-corrected chi connectivity index (χ0v) is 10.1. The largest absolute Gasteiger partial charge is 0.472 e. The van der Waals surface area contributed by atoms with Gasteiger partial charge in [0.1, 0.15) is 4.99 Å². The van der Waals surface area contributed by atoms with Crippen LogP contribution in [-0.2, 0) is 6.54 Å². The minimum absolute atomic E-state index is 0.0497. The summed E-state index contributed by atoms with van der Waals surface area (Å²) in [5.41, 5.74) is 6.05. The Bertz CT molecular complexity index is 570. The summed E-state index contributed by atoms with van der Waals surface area (Å²) >= 11 is 4.62. The maximum absolute atomic E-state index is 13.7. The molecule has 1 heterocycles. The summed E-state index contributed by atoms with van der Waals surface area (Å²) in [7, 11) is 0. The Morgan fingerprint density at radius 1 is 1.28 bits per heavy atom. The SMILES string of the molecule is NC(=S)c1ccc(NCc2ccoc2)c(F)c1F. The van der Waals surface area contributed by atoms with Gasteiger partial charge in [-0.15, -0.1) is 0 Å². The van der Waals surface area contributed by atoms with E-state index in [2.05, 4.69) is 17.5 Å². The molecule has 0 aliphatic rings. The number of nitrogens with one attached hydrogen (secondary N) is 1. The summed E-state index contributed by atoms with van der Waals surface area (Å²) in [6, 6.07) is 4.47. The van der Waals surface area contributed by atoms with Gasteiger partial charge in [0.2, 0.25) is 0 Å². The van der Waals surface area contributed by atoms with Crippen molar-refractivity contribution in [2.45, 2.75) is 6.54 Å². The standard InChI is InChI=1S/C12H10F2N2OS/c13-10-8(12(15)18)1-2-9(11(10)14)16-5-7-3-4-17-6-7/h1-4,6,16H,5H2,(H2,15,18). The van der Waals surface area contributed by atoms with E-state index in [4.69, 9.17) is 10.2 Å². The first-order chi connectivity index (χ1) is 8.59. The second-order valence-corrected chi connectivity index (χ2v) is 4.08. The molecular formula is C12H10F2N2OS. The first kappa shape index (κ1) is 12.5. The van der Waals surface area contributed by atoms with E-state index in [0.717, 1.165) is 5.56 Å². The summed E-state index contributed by atoms with van der Waals surface area (Å²) in [5, 5.41) is 2.76. The molecule has 0 unspecified atom stereocenters. The lowest BCUT2D eigenvalue weighted by Gasteiger charge is -2.09. The number of halogens is 2. The summed E-state index contributed by atoms with van der Waals surface area (Å²) in [6.45, 7) is 0.333. The third-order valence-corrected chi connectivity index (χ3v) is 2.63. The van der Waals surface area contributed by atoms with Crippen molar-refractivity contribution in [1.29, 1.82) is 0 Å². The number of furan rings is 1. The van der Waals surface area contributed by atoms with Crippen LogP contribution in [0.2, 0.25) is 0 Å². The van der Waals surface area contributed by atoms with E-state index in [1.165, 1.54) is 24.7 Å². The van der Waals surface area contributed by atoms with Crippen molar-refractivity contribution < 1.29 is 13.2 Å². The van der Waals surface area contributed by atoms with Gasteiger partial charge in [-0.1, -0.05) is 12.2 Å². The molecule has 2 rings (SSSR count). The van der Waals surface area contributed by atoms with Crippen LogP contribution in [0.4, 0.5) is 14.5 Å². The smallest absolute Gasteiger partial charge is 0.182 e. The van der Waals surface area contributed by atoms with Gasteiger partial charge < -0.3 is 15.5 Å². The lowest BCUT2D eigenvalue weighted by Crippen LogP contribution is -2.13. The average Bonchev–Trinajstić information content (AvgIpc) is 2.83. The van der Waals surface area contributed by atoms with E-state index in [9.17, 15) is 8.78 Å².